The molecule has 0 bridgehead atoms. The molecule has 0 heterocycles. The number of carbonyl (C=O) groups is 2. The van der Waals surface area contributed by atoms with Crippen molar-refractivity contribution in [2.45, 2.75) is 32.2 Å². The van der Waals surface area contributed by atoms with Gasteiger partial charge in [0, 0.05) is 12.1 Å². The number of amides is 1. The Morgan fingerprint density at radius 3 is 2.78 bits per heavy atom. The molecule has 1 atom stereocenters. The van der Waals surface area contributed by atoms with Crippen LogP contribution in [0, 0.1) is 0 Å². The predicted molar refractivity (Wildman–Crippen MR) is 69.3 cm³/mol. The lowest BCUT2D eigenvalue weighted by Crippen LogP contribution is -2.36. The smallest absolute Gasteiger partial charge is 0.303 e. The topological polar surface area (TPSA) is 92.4 Å². The van der Waals surface area contributed by atoms with Gasteiger partial charge in [-0.05, 0) is 30.5 Å². The minimum absolute atomic E-state index is 0.108. The number of nitrogens with two attached hydrogens (primary N) is 1. The molecule has 1 unspecified atom stereocenters. The van der Waals surface area contributed by atoms with Crippen LogP contribution in [0.25, 0.3) is 0 Å². The van der Waals surface area contributed by atoms with Crippen molar-refractivity contribution in [3.05, 3.63) is 29.8 Å². The van der Waals surface area contributed by atoms with E-state index < -0.39 is 12.0 Å². The zero-order valence-corrected chi connectivity index (χ0v) is 10.3. The number of anilines is 1. The van der Waals surface area contributed by atoms with Crippen LogP contribution in [0.2, 0.25) is 0 Å². The van der Waals surface area contributed by atoms with Gasteiger partial charge in [-0.15, -0.1) is 0 Å². The summed E-state index contributed by atoms with van der Waals surface area (Å²) < 4.78 is 0. The summed E-state index contributed by atoms with van der Waals surface area (Å²) in [6, 6.07) is 6.69. The van der Waals surface area contributed by atoms with Gasteiger partial charge in [0.2, 0.25) is 5.91 Å². The summed E-state index contributed by atoms with van der Waals surface area (Å²) in [6.45, 7) is 2.03. The van der Waals surface area contributed by atoms with Crippen LogP contribution >= 0.6 is 0 Å². The van der Waals surface area contributed by atoms with Gasteiger partial charge in [-0.25, -0.2) is 0 Å². The number of hydrogen-bond donors (Lipinski definition) is 3. The first-order valence-electron chi connectivity index (χ1n) is 5.90. The van der Waals surface area contributed by atoms with Gasteiger partial charge in [-0.3, -0.25) is 9.59 Å². The van der Waals surface area contributed by atoms with Crippen molar-refractivity contribution in [3.63, 3.8) is 0 Å². The molecule has 1 aromatic carbocycles. The highest BCUT2D eigenvalue weighted by Crippen LogP contribution is 2.11. The van der Waals surface area contributed by atoms with Gasteiger partial charge in [0.1, 0.15) is 0 Å². The van der Waals surface area contributed by atoms with Crippen LogP contribution in [0.15, 0.2) is 24.3 Å². The molecule has 0 saturated carbocycles. The number of benzene rings is 1. The zero-order chi connectivity index (χ0) is 13.5. The molecule has 0 aromatic heterocycles. The highest BCUT2D eigenvalue weighted by atomic mass is 16.4. The molecule has 1 amide bonds. The van der Waals surface area contributed by atoms with Crippen LogP contribution < -0.4 is 11.1 Å². The first-order valence-corrected chi connectivity index (χ1v) is 5.90. The third kappa shape index (κ3) is 4.55. The molecule has 0 aliphatic rings. The first-order chi connectivity index (χ1) is 8.52. The summed E-state index contributed by atoms with van der Waals surface area (Å²) in [5.41, 5.74) is 7.41. The Hall–Kier alpha value is -1.88. The van der Waals surface area contributed by atoms with Crippen LogP contribution in [0.3, 0.4) is 0 Å². The molecule has 0 aliphatic carbocycles. The molecular formula is C13H18N2O3. The van der Waals surface area contributed by atoms with Crippen molar-refractivity contribution in [1.29, 1.82) is 0 Å². The van der Waals surface area contributed by atoms with Crippen LogP contribution in [0.4, 0.5) is 5.69 Å². The molecule has 0 saturated heterocycles. The highest BCUT2D eigenvalue weighted by Gasteiger charge is 2.14. The van der Waals surface area contributed by atoms with Gasteiger partial charge in [0.05, 0.1) is 6.04 Å². The van der Waals surface area contributed by atoms with Crippen molar-refractivity contribution in [2.24, 2.45) is 5.73 Å². The average Bonchev–Trinajstić information content (AvgIpc) is 2.36. The fourth-order valence-corrected chi connectivity index (χ4v) is 1.51. The summed E-state index contributed by atoms with van der Waals surface area (Å²) in [4.78, 5) is 22.1. The standard InChI is InChI=1S/C13H18N2O3/c1-2-9-4-3-5-10(8-9)15-13(18)11(14)6-7-12(16)17/h3-5,8,11H,2,6-7,14H2,1H3,(H,15,18)(H,16,17). The number of carboxylic acids is 1. The Kier molecular flexibility index (Phi) is 5.32. The summed E-state index contributed by atoms with van der Waals surface area (Å²) in [5, 5.41) is 11.2. The zero-order valence-electron chi connectivity index (χ0n) is 10.3. The average molecular weight is 250 g/mol. The summed E-state index contributed by atoms with van der Waals surface area (Å²) in [5.74, 6) is -1.31. The quantitative estimate of drug-likeness (QED) is 0.711. The molecule has 0 aliphatic heterocycles. The van der Waals surface area contributed by atoms with Gasteiger partial charge in [0.15, 0.2) is 0 Å². The van der Waals surface area contributed by atoms with Crippen LogP contribution in [0.1, 0.15) is 25.3 Å². The lowest BCUT2D eigenvalue weighted by molar-refractivity contribution is -0.137. The van der Waals surface area contributed by atoms with Gasteiger partial charge < -0.3 is 16.2 Å². The number of rotatable bonds is 6. The van der Waals surface area contributed by atoms with E-state index in [2.05, 4.69) is 5.32 Å². The number of carboxylic acid groups (broad SMARTS) is 1. The van der Waals surface area contributed by atoms with E-state index in [-0.39, 0.29) is 18.7 Å². The largest absolute Gasteiger partial charge is 0.481 e. The van der Waals surface area contributed by atoms with E-state index in [9.17, 15) is 9.59 Å². The molecule has 5 heteroatoms. The molecule has 4 N–H and O–H groups in total. The van der Waals surface area contributed by atoms with Crippen LogP contribution in [-0.2, 0) is 16.0 Å². The van der Waals surface area contributed by atoms with E-state index in [1.807, 2.05) is 25.1 Å². The van der Waals surface area contributed by atoms with E-state index in [1.165, 1.54) is 0 Å². The summed E-state index contributed by atoms with van der Waals surface area (Å²) in [6.07, 6.45) is 0.910. The normalized spacial score (nSPS) is 11.9. The van der Waals surface area contributed by atoms with Crippen LogP contribution in [0.5, 0.6) is 0 Å². The maximum Gasteiger partial charge on any atom is 0.303 e. The third-order valence-corrected chi connectivity index (χ3v) is 2.61. The molecule has 1 aromatic rings. The molecule has 0 radical (unpaired) electrons. The number of hydrogen-bond acceptors (Lipinski definition) is 3. The van der Waals surface area contributed by atoms with Crippen molar-refractivity contribution in [3.8, 4) is 0 Å². The van der Waals surface area contributed by atoms with Crippen molar-refractivity contribution < 1.29 is 14.7 Å². The minimum Gasteiger partial charge on any atom is -0.481 e. The number of nitrogens with one attached hydrogen (secondary N) is 1. The fourth-order valence-electron chi connectivity index (χ4n) is 1.51. The Balaban J connectivity index is 2.55. The van der Waals surface area contributed by atoms with E-state index in [4.69, 9.17) is 10.8 Å². The van der Waals surface area contributed by atoms with Gasteiger partial charge in [-0.2, -0.15) is 0 Å². The molecule has 5 nitrogen and oxygen atoms in total. The lowest BCUT2D eigenvalue weighted by Gasteiger charge is -2.11. The molecule has 98 valence electrons. The first kappa shape index (κ1) is 14.2. The molecule has 0 spiro atoms. The lowest BCUT2D eigenvalue weighted by atomic mass is 10.1. The number of aryl methyl sites for hydroxylation is 1. The summed E-state index contributed by atoms with van der Waals surface area (Å²) >= 11 is 0. The second-order valence-corrected chi connectivity index (χ2v) is 4.08. The van der Waals surface area contributed by atoms with E-state index >= 15 is 0 Å². The monoisotopic (exact) mass is 250 g/mol. The molecule has 0 fully saturated rings. The minimum atomic E-state index is -0.953. The van der Waals surface area contributed by atoms with Crippen LogP contribution in [-0.4, -0.2) is 23.0 Å². The number of carbonyl (C=O) groups excluding carboxylic acids is 1. The Morgan fingerprint density at radius 1 is 1.44 bits per heavy atom. The second kappa shape index (κ2) is 6.76. The van der Waals surface area contributed by atoms with Crippen molar-refractivity contribution >= 4 is 17.6 Å². The van der Waals surface area contributed by atoms with Gasteiger partial charge in [0.25, 0.3) is 0 Å². The second-order valence-electron chi connectivity index (χ2n) is 4.08. The summed E-state index contributed by atoms with van der Waals surface area (Å²) in [7, 11) is 0. The van der Waals surface area contributed by atoms with E-state index in [0.717, 1.165) is 12.0 Å². The van der Waals surface area contributed by atoms with Gasteiger partial charge >= 0.3 is 5.97 Å². The maximum atomic E-state index is 11.7. The van der Waals surface area contributed by atoms with E-state index in [1.54, 1.807) is 6.07 Å². The van der Waals surface area contributed by atoms with Gasteiger partial charge in [-0.1, -0.05) is 19.1 Å². The van der Waals surface area contributed by atoms with Crippen molar-refractivity contribution in [2.75, 3.05) is 5.32 Å². The Bertz CT molecular complexity index is 432. The Labute approximate surface area is 106 Å². The SMILES string of the molecule is CCc1cccc(NC(=O)C(N)CCC(=O)O)c1. The highest BCUT2D eigenvalue weighted by molar-refractivity contribution is 5.94. The third-order valence-electron chi connectivity index (χ3n) is 2.61. The Morgan fingerprint density at radius 2 is 2.17 bits per heavy atom. The number of aliphatic carboxylic acids is 1. The molecular weight excluding hydrogens is 232 g/mol. The molecule has 18 heavy (non-hydrogen) atoms. The maximum absolute atomic E-state index is 11.7. The van der Waals surface area contributed by atoms with Crippen molar-refractivity contribution in [1.82, 2.24) is 0 Å². The molecule has 1 rings (SSSR count). The van der Waals surface area contributed by atoms with E-state index in [0.29, 0.717) is 5.69 Å². The fraction of sp³-hybridized carbons (Fsp3) is 0.385. The predicted octanol–water partition coefficient (Wildman–Crippen LogP) is 1.38.